The van der Waals surface area contributed by atoms with E-state index in [-0.39, 0.29) is 11.9 Å². The average Bonchev–Trinajstić information content (AvgIpc) is 2.35. The number of rotatable bonds is 3. The van der Waals surface area contributed by atoms with Gasteiger partial charge in [-0.3, -0.25) is 0 Å². The van der Waals surface area contributed by atoms with Gasteiger partial charge in [0.2, 0.25) is 0 Å². The Morgan fingerprint density at radius 2 is 1.83 bits per heavy atom. The van der Waals surface area contributed by atoms with Crippen LogP contribution < -0.4 is 5.73 Å². The highest BCUT2D eigenvalue weighted by Gasteiger charge is 2.12. The van der Waals surface area contributed by atoms with Crippen LogP contribution in [0.3, 0.4) is 0 Å². The van der Waals surface area contributed by atoms with Gasteiger partial charge >= 0.3 is 0 Å². The maximum absolute atomic E-state index is 13.7. The van der Waals surface area contributed by atoms with E-state index in [1.54, 1.807) is 6.07 Å². The molecule has 0 aromatic heterocycles. The maximum atomic E-state index is 13.7. The molecule has 0 bridgehead atoms. The molecular weight excluding hydrogens is 340 g/mol. The van der Waals surface area contributed by atoms with Gasteiger partial charge < -0.3 is 5.73 Å². The van der Waals surface area contributed by atoms with Gasteiger partial charge in [-0.25, -0.2) is 4.39 Å². The van der Waals surface area contributed by atoms with Crippen molar-refractivity contribution < 1.29 is 4.39 Å². The summed E-state index contributed by atoms with van der Waals surface area (Å²) in [6.07, 6.45) is 0.650. The lowest BCUT2D eigenvalue weighted by Crippen LogP contribution is -2.15. The second-order valence-corrected chi connectivity index (χ2v) is 5.71. The van der Waals surface area contributed by atoms with Crippen LogP contribution >= 0.6 is 22.6 Å². The third kappa shape index (κ3) is 3.29. The molecule has 2 rings (SSSR count). The van der Waals surface area contributed by atoms with E-state index in [1.807, 2.05) is 37.3 Å². The highest BCUT2D eigenvalue weighted by Crippen LogP contribution is 2.21. The van der Waals surface area contributed by atoms with Crippen molar-refractivity contribution in [3.05, 3.63) is 68.5 Å². The van der Waals surface area contributed by atoms with Crippen molar-refractivity contribution >= 4 is 22.6 Å². The predicted octanol–water partition coefficient (Wildman–Crippen LogP) is 3.98. The van der Waals surface area contributed by atoms with E-state index in [2.05, 4.69) is 22.6 Å². The number of nitrogens with two attached hydrogens (primary N) is 1. The minimum atomic E-state index is -0.301. The van der Waals surface area contributed by atoms with Crippen molar-refractivity contribution in [2.24, 2.45) is 5.73 Å². The lowest BCUT2D eigenvalue weighted by molar-refractivity contribution is 0.579. The van der Waals surface area contributed by atoms with Gasteiger partial charge in [-0.1, -0.05) is 29.8 Å². The molecule has 1 atom stereocenters. The highest BCUT2D eigenvalue weighted by atomic mass is 127. The molecule has 2 aromatic carbocycles. The van der Waals surface area contributed by atoms with Crippen molar-refractivity contribution in [2.75, 3.05) is 0 Å². The van der Waals surface area contributed by atoms with Crippen molar-refractivity contribution in [1.82, 2.24) is 0 Å². The molecule has 0 saturated heterocycles. The molecule has 0 heterocycles. The number of hydrogen-bond donors (Lipinski definition) is 1. The SMILES string of the molecule is Cc1ccc(F)c(C(N)Cc2ccc(I)cc2)c1. The summed E-state index contributed by atoms with van der Waals surface area (Å²) in [5.74, 6) is -0.224. The van der Waals surface area contributed by atoms with Crippen LogP contribution in [-0.2, 0) is 6.42 Å². The van der Waals surface area contributed by atoms with Gasteiger partial charge in [0.1, 0.15) is 5.82 Å². The van der Waals surface area contributed by atoms with Gasteiger partial charge in [-0.05, 0) is 59.7 Å². The van der Waals surface area contributed by atoms with E-state index < -0.39 is 0 Å². The molecule has 0 spiro atoms. The van der Waals surface area contributed by atoms with Crippen LogP contribution in [0.1, 0.15) is 22.7 Å². The molecule has 0 saturated carbocycles. The summed E-state index contributed by atoms with van der Waals surface area (Å²) >= 11 is 2.26. The summed E-state index contributed by atoms with van der Waals surface area (Å²) in [6.45, 7) is 1.94. The molecule has 0 amide bonds. The van der Waals surface area contributed by atoms with Crippen LogP contribution in [0.2, 0.25) is 0 Å². The van der Waals surface area contributed by atoms with Gasteiger partial charge in [-0.15, -0.1) is 0 Å². The molecule has 94 valence electrons. The fourth-order valence-electron chi connectivity index (χ4n) is 1.93. The molecule has 18 heavy (non-hydrogen) atoms. The third-order valence-corrected chi connectivity index (χ3v) is 3.64. The summed E-state index contributed by atoms with van der Waals surface area (Å²) in [4.78, 5) is 0. The molecule has 2 aromatic rings. The summed E-state index contributed by atoms with van der Waals surface area (Å²) < 4.78 is 14.9. The fourth-order valence-corrected chi connectivity index (χ4v) is 2.29. The Bertz CT molecular complexity index is 537. The minimum Gasteiger partial charge on any atom is -0.324 e. The van der Waals surface area contributed by atoms with Crippen LogP contribution in [0.15, 0.2) is 42.5 Å². The van der Waals surface area contributed by atoms with Crippen LogP contribution in [-0.4, -0.2) is 0 Å². The van der Waals surface area contributed by atoms with Crippen LogP contribution in [0, 0.1) is 16.3 Å². The molecule has 0 fully saturated rings. The first-order valence-electron chi connectivity index (χ1n) is 5.82. The van der Waals surface area contributed by atoms with E-state index in [4.69, 9.17) is 5.73 Å². The van der Waals surface area contributed by atoms with Crippen molar-refractivity contribution in [3.8, 4) is 0 Å². The van der Waals surface area contributed by atoms with E-state index >= 15 is 0 Å². The summed E-state index contributed by atoms with van der Waals surface area (Å²) in [6, 6.07) is 12.9. The zero-order valence-corrected chi connectivity index (χ0v) is 12.3. The van der Waals surface area contributed by atoms with Crippen LogP contribution in [0.25, 0.3) is 0 Å². The van der Waals surface area contributed by atoms with Crippen molar-refractivity contribution in [2.45, 2.75) is 19.4 Å². The standard InChI is InChI=1S/C15H15FIN/c1-10-2-7-14(16)13(8-10)15(18)9-11-3-5-12(17)6-4-11/h2-8,15H,9,18H2,1H3. The molecule has 0 aliphatic heterocycles. The molecular formula is C15H15FIN. The summed E-state index contributed by atoms with van der Waals surface area (Å²) in [5, 5.41) is 0. The first-order valence-corrected chi connectivity index (χ1v) is 6.90. The molecule has 0 radical (unpaired) electrons. The number of benzene rings is 2. The first kappa shape index (κ1) is 13.5. The van der Waals surface area contributed by atoms with Crippen LogP contribution in [0.5, 0.6) is 0 Å². The second kappa shape index (κ2) is 5.80. The fraction of sp³-hybridized carbons (Fsp3) is 0.200. The zero-order valence-electron chi connectivity index (χ0n) is 10.2. The predicted molar refractivity (Wildman–Crippen MR) is 80.9 cm³/mol. The van der Waals surface area contributed by atoms with E-state index in [0.717, 1.165) is 11.1 Å². The molecule has 1 unspecified atom stereocenters. The Balaban J connectivity index is 2.18. The second-order valence-electron chi connectivity index (χ2n) is 4.46. The smallest absolute Gasteiger partial charge is 0.128 e. The molecule has 0 aliphatic rings. The third-order valence-electron chi connectivity index (χ3n) is 2.92. The zero-order chi connectivity index (χ0) is 13.1. The lowest BCUT2D eigenvalue weighted by Gasteiger charge is -2.14. The molecule has 3 heteroatoms. The topological polar surface area (TPSA) is 26.0 Å². The highest BCUT2D eigenvalue weighted by molar-refractivity contribution is 14.1. The van der Waals surface area contributed by atoms with E-state index in [0.29, 0.717) is 12.0 Å². The van der Waals surface area contributed by atoms with Crippen molar-refractivity contribution in [3.63, 3.8) is 0 Å². The Kier molecular flexibility index (Phi) is 4.35. The molecule has 0 aliphatic carbocycles. The molecule has 1 nitrogen and oxygen atoms in total. The largest absolute Gasteiger partial charge is 0.324 e. The Morgan fingerprint density at radius 3 is 2.50 bits per heavy atom. The average molecular weight is 355 g/mol. The van der Waals surface area contributed by atoms with Crippen LogP contribution in [0.4, 0.5) is 4.39 Å². The minimum absolute atomic E-state index is 0.224. The maximum Gasteiger partial charge on any atom is 0.128 e. The number of aryl methyl sites for hydroxylation is 1. The van der Waals surface area contributed by atoms with E-state index in [9.17, 15) is 4.39 Å². The quantitative estimate of drug-likeness (QED) is 0.829. The van der Waals surface area contributed by atoms with E-state index in [1.165, 1.54) is 9.64 Å². The lowest BCUT2D eigenvalue weighted by atomic mass is 9.98. The monoisotopic (exact) mass is 355 g/mol. The van der Waals surface area contributed by atoms with Gasteiger partial charge in [0.05, 0.1) is 0 Å². The number of hydrogen-bond acceptors (Lipinski definition) is 1. The van der Waals surface area contributed by atoms with Gasteiger partial charge in [0.25, 0.3) is 0 Å². The Morgan fingerprint density at radius 1 is 1.17 bits per heavy atom. The van der Waals surface area contributed by atoms with Gasteiger partial charge in [0.15, 0.2) is 0 Å². The Labute approximate surface area is 120 Å². The summed E-state index contributed by atoms with van der Waals surface area (Å²) in [5.41, 5.74) is 8.84. The normalized spacial score (nSPS) is 12.4. The Hall–Kier alpha value is -0.940. The molecule has 2 N–H and O–H groups in total. The van der Waals surface area contributed by atoms with Gasteiger partial charge in [-0.2, -0.15) is 0 Å². The summed E-state index contributed by atoms with van der Waals surface area (Å²) in [7, 11) is 0. The first-order chi connectivity index (χ1) is 8.56. The van der Waals surface area contributed by atoms with Gasteiger partial charge in [0, 0.05) is 15.2 Å². The number of halogens is 2. The van der Waals surface area contributed by atoms with Crippen molar-refractivity contribution in [1.29, 1.82) is 0 Å².